The molecule has 0 aromatic heterocycles. The molecule has 0 amide bonds. The van der Waals surface area contributed by atoms with Crippen LogP contribution in [0, 0.1) is 17.0 Å². The van der Waals surface area contributed by atoms with Gasteiger partial charge >= 0.3 is 0 Å². The van der Waals surface area contributed by atoms with Crippen molar-refractivity contribution in [2.75, 3.05) is 0 Å². The third kappa shape index (κ3) is 4.09. The molecule has 0 saturated heterocycles. The van der Waals surface area contributed by atoms with Crippen LogP contribution in [0.1, 0.15) is 18.1 Å². The molecule has 0 spiro atoms. The van der Waals surface area contributed by atoms with Gasteiger partial charge in [0.05, 0.1) is 15.5 Å². The molecule has 0 fully saturated rings. The van der Waals surface area contributed by atoms with E-state index in [1.165, 1.54) is 19.1 Å². The molecule has 0 saturated carbocycles. The van der Waals surface area contributed by atoms with Gasteiger partial charge in [-0.25, -0.2) is 0 Å². The van der Waals surface area contributed by atoms with Crippen LogP contribution >= 0.6 is 11.6 Å². The van der Waals surface area contributed by atoms with Crippen LogP contribution in [0.25, 0.3) is 0 Å². The van der Waals surface area contributed by atoms with Crippen molar-refractivity contribution in [2.24, 2.45) is 5.10 Å². The molecular formula is C15H14ClN3O4S. The van der Waals surface area contributed by atoms with Crippen molar-refractivity contribution < 1.29 is 13.3 Å². The van der Waals surface area contributed by atoms with Gasteiger partial charge in [0.15, 0.2) is 0 Å². The van der Waals surface area contributed by atoms with Crippen molar-refractivity contribution in [3.8, 4) is 0 Å². The number of hydrazone groups is 1. The van der Waals surface area contributed by atoms with Gasteiger partial charge in [-0.3, -0.25) is 10.1 Å². The minimum atomic E-state index is -4.01. The molecule has 24 heavy (non-hydrogen) atoms. The van der Waals surface area contributed by atoms with Crippen molar-refractivity contribution in [1.29, 1.82) is 0 Å². The Hall–Kier alpha value is -2.45. The first kappa shape index (κ1) is 17.9. The Morgan fingerprint density at radius 2 is 1.83 bits per heavy atom. The van der Waals surface area contributed by atoms with Crippen LogP contribution in [0.3, 0.4) is 0 Å². The zero-order chi connectivity index (χ0) is 17.9. The lowest BCUT2D eigenvalue weighted by atomic mass is 10.1. The standard InChI is InChI=1S/C15H14ClN3O4S/c1-10-3-8-14(9-15(10)19(20)21)24(22,23)18-17-11(2)12-4-6-13(16)7-5-12/h3-9,18H,1-2H3/b17-11+. The summed E-state index contributed by atoms with van der Waals surface area (Å²) in [6.45, 7) is 3.16. The van der Waals surface area contributed by atoms with Gasteiger partial charge in [-0.1, -0.05) is 29.8 Å². The Morgan fingerprint density at radius 3 is 2.42 bits per heavy atom. The van der Waals surface area contributed by atoms with E-state index in [0.29, 0.717) is 21.9 Å². The average Bonchev–Trinajstić information content (AvgIpc) is 2.53. The highest BCUT2D eigenvalue weighted by molar-refractivity contribution is 7.89. The SMILES string of the molecule is C/C(=N\NS(=O)(=O)c1ccc(C)c([N+](=O)[O-])c1)c1ccc(Cl)cc1. The van der Waals surface area contributed by atoms with E-state index in [1.807, 2.05) is 0 Å². The number of nitro groups is 1. The summed E-state index contributed by atoms with van der Waals surface area (Å²) in [6, 6.07) is 10.4. The fourth-order valence-corrected chi connectivity index (χ4v) is 2.89. The molecule has 0 heterocycles. The normalized spacial score (nSPS) is 12.0. The van der Waals surface area contributed by atoms with Gasteiger partial charge in [0.2, 0.25) is 0 Å². The zero-order valence-corrected chi connectivity index (χ0v) is 14.4. The fraction of sp³-hybridized carbons (Fsp3) is 0.133. The summed E-state index contributed by atoms with van der Waals surface area (Å²) in [4.78, 5) is 12.2. The highest BCUT2D eigenvalue weighted by atomic mass is 35.5. The van der Waals surface area contributed by atoms with Gasteiger partial charge in [0, 0.05) is 16.7 Å². The second kappa shape index (κ2) is 6.98. The van der Waals surface area contributed by atoms with Crippen LogP contribution in [0.4, 0.5) is 5.69 Å². The molecule has 0 unspecified atom stereocenters. The summed E-state index contributed by atoms with van der Waals surface area (Å²) in [5, 5.41) is 15.3. The minimum Gasteiger partial charge on any atom is -0.258 e. The van der Waals surface area contributed by atoms with Crippen molar-refractivity contribution in [3.05, 3.63) is 68.7 Å². The van der Waals surface area contributed by atoms with E-state index in [0.717, 1.165) is 6.07 Å². The molecule has 9 heteroatoms. The Balaban J connectivity index is 2.28. The maximum Gasteiger partial charge on any atom is 0.276 e. The van der Waals surface area contributed by atoms with Crippen LogP contribution in [0.15, 0.2) is 52.5 Å². The van der Waals surface area contributed by atoms with Crippen LogP contribution in [0.2, 0.25) is 5.02 Å². The first-order valence-electron chi connectivity index (χ1n) is 6.78. The van der Waals surface area contributed by atoms with Crippen LogP contribution in [0.5, 0.6) is 0 Å². The minimum absolute atomic E-state index is 0.229. The van der Waals surface area contributed by atoms with Crippen molar-refractivity contribution in [3.63, 3.8) is 0 Å². The number of nitrogens with zero attached hydrogens (tertiary/aromatic N) is 2. The highest BCUT2D eigenvalue weighted by Crippen LogP contribution is 2.22. The van der Waals surface area contributed by atoms with Crippen molar-refractivity contribution in [2.45, 2.75) is 18.7 Å². The largest absolute Gasteiger partial charge is 0.276 e. The predicted octanol–water partition coefficient (Wildman–Crippen LogP) is 3.26. The van der Waals surface area contributed by atoms with Gasteiger partial charge in [-0.05, 0) is 37.6 Å². The molecule has 2 aromatic carbocycles. The summed E-state index contributed by atoms with van der Waals surface area (Å²) in [6.07, 6.45) is 0. The van der Waals surface area contributed by atoms with E-state index < -0.39 is 14.9 Å². The van der Waals surface area contributed by atoms with E-state index in [2.05, 4.69) is 9.93 Å². The summed E-state index contributed by atoms with van der Waals surface area (Å²) < 4.78 is 24.5. The number of sulfonamides is 1. The number of halogens is 1. The molecular weight excluding hydrogens is 354 g/mol. The van der Waals surface area contributed by atoms with Crippen molar-refractivity contribution >= 4 is 33.0 Å². The van der Waals surface area contributed by atoms with Crippen LogP contribution in [-0.2, 0) is 10.0 Å². The lowest BCUT2D eigenvalue weighted by Crippen LogP contribution is -2.20. The number of hydrogen-bond acceptors (Lipinski definition) is 5. The summed E-state index contributed by atoms with van der Waals surface area (Å²) in [5.74, 6) is 0. The molecule has 7 nitrogen and oxygen atoms in total. The van der Waals surface area contributed by atoms with Gasteiger partial charge in [-0.15, -0.1) is 0 Å². The molecule has 2 aromatic rings. The molecule has 2 rings (SSSR count). The maximum absolute atomic E-state index is 12.2. The van der Waals surface area contributed by atoms with Gasteiger partial charge in [0.25, 0.3) is 15.7 Å². The second-order valence-electron chi connectivity index (χ2n) is 5.00. The molecule has 126 valence electrons. The van der Waals surface area contributed by atoms with E-state index in [-0.39, 0.29) is 10.6 Å². The number of nitrogens with one attached hydrogen (secondary N) is 1. The van der Waals surface area contributed by atoms with E-state index in [4.69, 9.17) is 11.6 Å². The third-order valence-electron chi connectivity index (χ3n) is 3.28. The maximum atomic E-state index is 12.2. The molecule has 1 N–H and O–H groups in total. The Kier molecular flexibility index (Phi) is 5.20. The Labute approximate surface area is 144 Å². The average molecular weight is 368 g/mol. The van der Waals surface area contributed by atoms with Crippen molar-refractivity contribution in [1.82, 2.24) is 4.83 Å². The number of rotatable bonds is 5. The smallest absolute Gasteiger partial charge is 0.258 e. The fourth-order valence-electron chi connectivity index (χ4n) is 1.89. The van der Waals surface area contributed by atoms with Gasteiger partial charge in [-0.2, -0.15) is 18.4 Å². The number of benzene rings is 2. The quantitative estimate of drug-likeness (QED) is 0.497. The van der Waals surface area contributed by atoms with Gasteiger partial charge in [0.1, 0.15) is 0 Å². The number of hydrogen-bond donors (Lipinski definition) is 1. The molecule has 0 radical (unpaired) electrons. The van der Waals surface area contributed by atoms with Gasteiger partial charge < -0.3 is 0 Å². The van der Waals surface area contributed by atoms with E-state index in [1.54, 1.807) is 31.2 Å². The monoisotopic (exact) mass is 367 g/mol. The predicted molar refractivity (Wildman–Crippen MR) is 91.8 cm³/mol. The topological polar surface area (TPSA) is 102 Å². The summed E-state index contributed by atoms with van der Waals surface area (Å²) in [7, 11) is -4.01. The molecule has 0 aliphatic heterocycles. The lowest BCUT2D eigenvalue weighted by molar-refractivity contribution is -0.385. The molecule has 0 atom stereocenters. The third-order valence-corrected chi connectivity index (χ3v) is 4.74. The van der Waals surface area contributed by atoms with Crippen LogP contribution in [-0.4, -0.2) is 19.1 Å². The van der Waals surface area contributed by atoms with E-state index >= 15 is 0 Å². The van der Waals surface area contributed by atoms with E-state index in [9.17, 15) is 18.5 Å². The first-order valence-corrected chi connectivity index (χ1v) is 8.64. The van der Waals surface area contributed by atoms with Crippen LogP contribution < -0.4 is 4.83 Å². The zero-order valence-electron chi connectivity index (χ0n) is 12.9. The summed E-state index contributed by atoms with van der Waals surface area (Å²) in [5.41, 5.74) is 1.23. The molecule has 0 aliphatic carbocycles. The lowest BCUT2D eigenvalue weighted by Gasteiger charge is -2.06. The number of nitro benzene ring substituents is 1. The first-order chi connectivity index (χ1) is 11.2. The summed E-state index contributed by atoms with van der Waals surface area (Å²) >= 11 is 5.79. The Morgan fingerprint density at radius 1 is 1.21 bits per heavy atom. The second-order valence-corrected chi connectivity index (χ2v) is 7.10. The number of aryl methyl sites for hydroxylation is 1. The molecule has 0 bridgehead atoms. The highest BCUT2D eigenvalue weighted by Gasteiger charge is 2.19. The Bertz CT molecular complexity index is 909. The molecule has 0 aliphatic rings.